The minimum Gasteiger partial charge on any atom is -0.459 e. The Hall–Kier alpha value is -1.97. The lowest BCUT2D eigenvalue weighted by atomic mass is 10.2. The topological polar surface area (TPSA) is 109 Å². The molecule has 1 saturated heterocycles. The Labute approximate surface area is 132 Å². The summed E-state index contributed by atoms with van der Waals surface area (Å²) in [5.41, 5.74) is -0.769. The van der Waals surface area contributed by atoms with E-state index in [4.69, 9.17) is 18.9 Å². The molecule has 1 aromatic rings. The minimum absolute atomic E-state index is 0.0659. The van der Waals surface area contributed by atoms with Gasteiger partial charge in [-0.1, -0.05) is 0 Å². The molecule has 0 saturated carbocycles. The van der Waals surface area contributed by atoms with E-state index in [1.54, 1.807) is 20.8 Å². The van der Waals surface area contributed by atoms with Gasteiger partial charge < -0.3 is 18.9 Å². The molecule has 0 unspecified atom stereocenters. The van der Waals surface area contributed by atoms with Gasteiger partial charge in [0.15, 0.2) is 18.1 Å². The van der Waals surface area contributed by atoms with Gasteiger partial charge in [-0.2, -0.15) is 0 Å². The fourth-order valence-corrected chi connectivity index (χ4v) is 2.47. The highest BCUT2D eigenvalue weighted by Gasteiger charge is 2.47. The number of hydrogen-bond acceptors (Lipinski definition) is 7. The first-order chi connectivity index (χ1) is 10.8. The lowest BCUT2D eigenvalue weighted by molar-refractivity contribution is -0.169. The average molecular weight is 328 g/mol. The van der Waals surface area contributed by atoms with E-state index in [9.17, 15) is 14.4 Å². The van der Waals surface area contributed by atoms with Crippen molar-refractivity contribution in [1.82, 2.24) is 9.55 Å². The summed E-state index contributed by atoms with van der Waals surface area (Å²) < 4.78 is 22.8. The van der Waals surface area contributed by atoms with E-state index in [1.807, 2.05) is 0 Å². The zero-order valence-corrected chi connectivity index (χ0v) is 13.4. The third-order valence-electron chi connectivity index (χ3n) is 3.45. The second-order valence-corrected chi connectivity index (χ2v) is 5.70. The number of carbonyl (C=O) groups is 1. The van der Waals surface area contributed by atoms with Crippen LogP contribution >= 0.6 is 0 Å². The molecule has 1 aromatic heterocycles. The van der Waals surface area contributed by atoms with Crippen molar-refractivity contribution < 1.29 is 23.7 Å². The van der Waals surface area contributed by atoms with Crippen molar-refractivity contribution in [3.8, 4) is 0 Å². The predicted molar refractivity (Wildman–Crippen MR) is 77.9 cm³/mol. The number of aromatic amines is 1. The van der Waals surface area contributed by atoms with E-state index in [-0.39, 0.29) is 13.1 Å². The highest BCUT2D eigenvalue weighted by Crippen LogP contribution is 2.36. The number of ether oxygens (including phenoxy) is 4. The van der Waals surface area contributed by atoms with E-state index in [0.717, 1.165) is 0 Å². The molecule has 0 radical (unpaired) electrons. The summed E-state index contributed by atoms with van der Waals surface area (Å²) in [7, 11) is 1.45. The molecule has 0 aromatic carbocycles. The van der Waals surface area contributed by atoms with Crippen LogP contribution in [0.2, 0.25) is 0 Å². The van der Waals surface area contributed by atoms with Crippen LogP contribution in [-0.2, 0) is 23.7 Å². The van der Waals surface area contributed by atoms with Gasteiger partial charge in [0.1, 0.15) is 6.10 Å². The van der Waals surface area contributed by atoms with Gasteiger partial charge >= 0.3 is 5.69 Å². The molecule has 1 fully saturated rings. The van der Waals surface area contributed by atoms with Crippen molar-refractivity contribution >= 4 is 6.47 Å². The average Bonchev–Trinajstić information content (AvgIpc) is 2.78. The molecule has 23 heavy (non-hydrogen) atoms. The van der Waals surface area contributed by atoms with Crippen molar-refractivity contribution in [3.63, 3.8) is 0 Å². The van der Waals surface area contributed by atoms with Crippen LogP contribution in [0.4, 0.5) is 0 Å². The van der Waals surface area contributed by atoms with Crippen LogP contribution in [0.15, 0.2) is 15.8 Å². The SMILES string of the molecule is COC[C@@H](OC=O)[C@H]1OC(C)(C)O[C@@H]1n1cc(C)c(=O)[nH]c1=O. The minimum atomic E-state index is -1.00. The van der Waals surface area contributed by atoms with Gasteiger partial charge in [-0.25, -0.2) is 4.79 Å². The van der Waals surface area contributed by atoms with Gasteiger partial charge in [-0.15, -0.1) is 0 Å². The van der Waals surface area contributed by atoms with Crippen molar-refractivity contribution in [3.05, 3.63) is 32.6 Å². The van der Waals surface area contributed by atoms with E-state index >= 15 is 0 Å². The Morgan fingerprint density at radius 2 is 2.13 bits per heavy atom. The first-order valence-corrected chi connectivity index (χ1v) is 7.05. The lowest BCUT2D eigenvalue weighted by Crippen LogP contribution is -2.43. The first kappa shape index (κ1) is 17.4. The van der Waals surface area contributed by atoms with Gasteiger partial charge in [-0.05, 0) is 20.8 Å². The van der Waals surface area contributed by atoms with Crippen LogP contribution in [0.1, 0.15) is 25.6 Å². The fourth-order valence-electron chi connectivity index (χ4n) is 2.47. The van der Waals surface area contributed by atoms with Crippen LogP contribution in [0, 0.1) is 6.92 Å². The molecule has 128 valence electrons. The number of rotatable bonds is 6. The van der Waals surface area contributed by atoms with Crippen LogP contribution in [-0.4, -0.2) is 47.7 Å². The largest absolute Gasteiger partial charge is 0.459 e. The predicted octanol–water partition coefficient (Wildman–Crippen LogP) is -0.317. The van der Waals surface area contributed by atoms with Gasteiger partial charge in [0, 0.05) is 18.9 Å². The molecule has 0 aliphatic carbocycles. The molecule has 9 nitrogen and oxygen atoms in total. The number of H-pyrrole nitrogens is 1. The quantitative estimate of drug-likeness (QED) is 0.713. The molecule has 0 spiro atoms. The third-order valence-corrected chi connectivity index (χ3v) is 3.45. The number of nitrogens with zero attached hydrogens (tertiary/aromatic N) is 1. The summed E-state index contributed by atoms with van der Waals surface area (Å²) >= 11 is 0. The standard InChI is InChI=1S/C14H20N2O7/c1-8-5-16(13(19)15-11(8)18)12-10(22-14(2,3)23-12)9(6-20-4)21-7-17/h5,7,9-10,12H,6H2,1-4H3,(H,15,18,19)/t9-,10-,12+/m1/s1. The van der Waals surface area contributed by atoms with Gasteiger partial charge in [0.05, 0.1) is 6.61 Å². The fraction of sp³-hybridized carbons (Fsp3) is 0.643. The van der Waals surface area contributed by atoms with Crippen molar-refractivity contribution in [2.75, 3.05) is 13.7 Å². The van der Waals surface area contributed by atoms with E-state index in [2.05, 4.69) is 4.98 Å². The molecular weight excluding hydrogens is 308 g/mol. The zero-order valence-electron chi connectivity index (χ0n) is 13.4. The molecule has 0 amide bonds. The normalized spacial score (nSPS) is 24.3. The molecule has 3 atom stereocenters. The summed E-state index contributed by atoms with van der Waals surface area (Å²) in [5, 5.41) is 0. The second-order valence-electron chi connectivity index (χ2n) is 5.70. The molecule has 2 heterocycles. The summed E-state index contributed by atoms with van der Waals surface area (Å²) in [6.45, 7) is 5.27. The Morgan fingerprint density at radius 3 is 2.74 bits per heavy atom. The summed E-state index contributed by atoms with van der Waals surface area (Å²) in [6, 6.07) is 0. The molecule has 1 aliphatic rings. The molecular formula is C14H20N2O7. The molecule has 2 rings (SSSR count). The number of carbonyl (C=O) groups excluding carboxylic acids is 1. The van der Waals surface area contributed by atoms with Crippen molar-refractivity contribution in [2.24, 2.45) is 0 Å². The smallest absolute Gasteiger partial charge is 0.330 e. The number of hydrogen-bond donors (Lipinski definition) is 1. The number of aromatic nitrogens is 2. The highest BCUT2D eigenvalue weighted by molar-refractivity contribution is 5.37. The van der Waals surface area contributed by atoms with Crippen LogP contribution in [0.25, 0.3) is 0 Å². The maximum absolute atomic E-state index is 12.1. The van der Waals surface area contributed by atoms with E-state index in [1.165, 1.54) is 17.9 Å². The number of aryl methyl sites for hydroxylation is 1. The Kier molecular flexibility index (Phi) is 5.03. The van der Waals surface area contributed by atoms with Gasteiger partial charge in [-0.3, -0.25) is 19.1 Å². The summed E-state index contributed by atoms with van der Waals surface area (Å²) in [5.74, 6) is -1.00. The summed E-state index contributed by atoms with van der Waals surface area (Å²) in [4.78, 5) is 36.6. The zero-order chi connectivity index (χ0) is 17.2. The maximum atomic E-state index is 12.1. The Balaban J connectivity index is 2.45. The van der Waals surface area contributed by atoms with E-state index < -0.39 is 35.5 Å². The Morgan fingerprint density at radius 1 is 1.43 bits per heavy atom. The second kappa shape index (κ2) is 6.65. The van der Waals surface area contributed by atoms with Crippen molar-refractivity contribution in [1.29, 1.82) is 0 Å². The van der Waals surface area contributed by atoms with E-state index in [0.29, 0.717) is 5.56 Å². The first-order valence-electron chi connectivity index (χ1n) is 7.05. The number of methoxy groups -OCH3 is 1. The van der Waals surface area contributed by atoms with Crippen LogP contribution in [0.3, 0.4) is 0 Å². The van der Waals surface area contributed by atoms with Gasteiger partial charge in [0.25, 0.3) is 12.0 Å². The molecule has 1 aliphatic heterocycles. The number of nitrogens with one attached hydrogen (secondary N) is 1. The van der Waals surface area contributed by atoms with Crippen LogP contribution < -0.4 is 11.2 Å². The molecule has 9 heteroatoms. The Bertz CT molecular complexity index is 678. The third kappa shape index (κ3) is 3.69. The van der Waals surface area contributed by atoms with Gasteiger partial charge in [0.2, 0.25) is 0 Å². The molecule has 1 N–H and O–H groups in total. The summed E-state index contributed by atoms with van der Waals surface area (Å²) in [6.07, 6.45) is -1.05. The maximum Gasteiger partial charge on any atom is 0.330 e. The molecule has 0 bridgehead atoms. The van der Waals surface area contributed by atoms with Crippen molar-refractivity contribution in [2.45, 2.75) is 45.0 Å². The lowest BCUT2D eigenvalue weighted by Gasteiger charge is -2.25. The highest BCUT2D eigenvalue weighted by atomic mass is 16.8. The monoisotopic (exact) mass is 328 g/mol. The van der Waals surface area contributed by atoms with Crippen LogP contribution in [0.5, 0.6) is 0 Å².